The van der Waals surface area contributed by atoms with Gasteiger partial charge in [0.1, 0.15) is 23.0 Å². The van der Waals surface area contributed by atoms with Crippen molar-refractivity contribution in [3.05, 3.63) is 235 Å². The first-order valence-corrected chi connectivity index (χ1v) is 19.8. The molecule has 3 nitrogen and oxygen atoms in total. The van der Waals surface area contributed by atoms with Crippen LogP contribution in [-0.2, 0) is 5.41 Å². The SMILES string of the molecule is c1ccc(-c2cc3c(c(-c4ccccc4)c2)C2(c4ccccc4Oc4ccccc42)c2c(cccc2-c2cccc4c5ccccc5n(-c5ccccc5)c24)O3)cc1. The molecule has 0 saturated heterocycles. The summed E-state index contributed by atoms with van der Waals surface area (Å²) in [6.07, 6.45) is 0. The molecule has 2 aliphatic rings. The molecule has 0 amide bonds. The van der Waals surface area contributed by atoms with Crippen LogP contribution in [0.25, 0.3) is 60.9 Å². The van der Waals surface area contributed by atoms with Gasteiger partial charge in [0.05, 0.1) is 16.4 Å². The van der Waals surface area contributed by atoms with E-state index >= 15 is 0 Å². The van der Waals surface area contributed by atoms with Crippen LogP contribution in [-0.4, -0.2) is 4.57 Å². The van der Waals surface area contributed by atoms with Gasteiger partial charge in [-0.2, -0.15) is 0 Å². The summed E-state index contributed by atoms with van der Waals surface area (Å²) in [7, 11) is 0. The van der Waals surface area contributed by atoms with Gasteiger partial charge < -0.3 is 14.0 Å². The van der Waals surface area contributed by atoms with Crippen molar-refractivity contribution in [1.82, 2.24) is 4.57 Å². The Kier molecular flexibility index (Phi) is 7.14. The maximum atomic E-state index is 7.36. The highest BCUT2D eigenvalue weighted by molar-refractivity contribution is 6.14. The number of benzene rings is 9. The van der Waals surface area contributed by atoms with E-state index in [1.54, 1.807) is 0 Å². The Morgan fingerprint density at radius 1 is 0.345 bits per heavy atom. The molecule has 0 bridgehead atoms. The van der Waals surface area contributed by atoms with E-state index < -0.39 is 5.41 Å². The van der Waals surface area contributed by atoms with Gasteiger partial charge in [-0.3, -0.25) is 0 Å². The maximum Gasteiger partial charge on any atom is 0.133 e. The number of ether oxygens (including phenoxy) is 2. The predicted molar refractivity (Wildman–Crippen MR) is 236 cm³/mol. The van der Waals surface area contributed by atoms with E-state index in [9.17, 15) is 0 Å². The molecular formula is C55H35NO2. The average molecular weight is 742 g/mol. The second-order valence-corrected chi connectivity index (χ2v) is 15.1. The zero-order chi connectivity index (χ0) is 38.2. The van der Waals surface area contributed by atoms with E-state index in [4.69, 9.17) is 9.47 Å². The van der Waals surface area contributed by atoms with Crippen LogP contribution in [0.3, 0.4) is 0 Å². The topological polar surface area (TPSA) is 23.4 Å². The van der Waals surface area contributed by atoms with Crippen LogP contribution in [0.15, 0.2) is 212 Å². The van der Waals surface area contributed by atoms with Crippen molar-refractivity contribution in [3.8, 4) is 62.1 Å². The predicted octanol–water partition coefficient (Wildman–Crippen LogP) is 14.4. The molecule has 1 spiro atoms. The Balaban J connectivity index is 1.27. The average Bonchev–Trinajstić information content (AvgIpc) is 3.64. The molecule has 0 radical (unpaired) electrons. The Labute approximate surface area is 336 Å². The summed E-state index contributed by atoms with van der Waals surface area (Å²) in [4.78, 5) is 0. The van der Waals surface area contributed by atoms with Crippen molar-refractivity contribution in [2.24, 2.45) is 0 Å². The molecule has 9 aromatic carbocycles. The molecule has 0 N–H and O–H groups in total. The van der Waals surface area contributed by atoms with E-state index in [1.807, 2.05) is 0 Å². The van der Waals surface area contributed by atoms with Gasteiger partial charge in [0.2, 0.25) is 0 Å². The molecule has 1 aromatic heterocycles. The number of para-hydroxylation sites is 5. The summed E-state index contributed by atoms with van der Waals surface area (Å²) in [5, 5.41) is 2.41. The molecule has 10 aromatic rings. The third-order valence-electron chi connectivity index (χ3n) is 12.1. The van der Waals surface area contributed by atoms with Gasteiger partial charge >= 0.3 is 0 Å². The highest BCUT2D eigenvalue weighted by Gasteiger charge is 2.53. The van der Waals surface area contributed by atoms with Gasteiger partial charge in [0, 0.05) is 44.3 Å². The summed E-state index contributed by atoms with van der Waals surface area (Å²) in [6.45, 7) is 0. The van der Waals surface area contributed by atoms with Crippen LogP contribution in [0.5, 0.6) is 23.0 Å². The zero-order valence-electron chi connectivity index (χ0n) is 31.5. The van der Waals surface area contributed by atoms with Crippen LogP contribution < -0.4 is 9.47 Å². The van der Waals surface area contributed by atoms with Crippen molar-refractivity contribution in [2.45, 2.75) is 5.41 Å². The highest BCUT2D eigenvalue weighted by Crippen LogP contribution is 2.65. The molecule has 0 unspecified atom stereocenters. The van der Waals surface area contributed by atoms with Crippen LogP contribution in [0, 0.1) is 0 Å². The van der Waals surface area contributed by atoms with Gasteiger partial charge in [-0.15, -0.1) is 0 Å². The van der Waals surface area contributed by atoms with Gasteiger partial charge in [-0.05, 0) is 76.3 Å². The lowest BCUT2D eigenvalue weighted by atomic mass is 9.59. The summed E-state index contributed by atoms with van der Waals surface area (Å²) < 4.78 is 16.6. The number of aromatic nitrogens is 1. The first-order chi connectivity index (χ1) is 28.8. The third-order valence-corrected chi connectivity index (χ3v) is 12.1. The summed E-state index contributed by atoms with van der Waals surface area (Å²) in [5.74, 6) is 3.31. The van der Waals surface area contributed by atoms with Crippen molar-refractivity contribution >= 4 is 21.8 Å². The third kappa shape index (κ3) is 4.62. The Morgan fingerprint density at radius 3 is 1.62 bits per heavy atom. The van der Waals surface area contributed by atoms with Gasteiger partial charge in [-0.1, -0.05) is 164 Å². The van der Waals surface area contributed by atoms with E-state index in [0.29, 0.717) is 0 Å². The number of hydrogen-bond acceptors (Lipinski definition) is 2. The molecule has 272 valence electrons. The van der Waals surface area contributed by atoms with E-state index in [0.717, 1.165) is 89.8 Å². The van der Waals surface area contributed by atoms with Crippen molar-refractivity contribution in [3.63, 3.8) is 0 Å². The van der Waals surface area contributed by atoms with Crippen molar-refractivity contribution in [2.75, 3.05) is 0 Å². The summed E-state index contributed by atoms with van der Waals surface area (Å²) in [5.41, 5.74) is 13.6. The maximum absolute atomic E-state index is 7.36. The first-order valence-electron chi connectivity index (χ1n) is 19.8. The fraction of sp³-hybridized carbons (Fsp3) is 0.0182. The second kappa shape index (κ2) is 12.7. The Morgan fingerprint density at radius 2 is 0.879 bits per heavy atom. The lowest BCUT2D eigenvalue weighted by Gasteiger charge is -2.46. The van der Waals surface area contributed by atoms with Gasteiger partial charge in [0.25, 0.3) is 0 Å². The summed E-state index contributed by atoms with van der Waals surface area (Å²) in [6, 6.07) is 75.9. The molecule has 58 heavy (non-hydrogen) atoms. The number of fused-ring (bicyclic) bond motifs is 11. The molecule has 0 fully saturated rings. The molecule has 0 aliphatic carbocycles. The minimum Gasteiger partial charge on any atom is -0.457 e. The second-order valence-electron chi connectivity index (χ2n) is 15.1. The molecule has 3 heterocycles. The Hall–Kier alpha value is -7.62. The normalized spacial score (nSPS) is 13.2. The van der Waals surface area contributed by atoms with E-state index in [1.165, 1.54) is 16.3 Å². The lowest BCUT2D eigenvalue weighted by molar-refractivity contribution is 0.400. The van der Waals surface area contributed by atoms with Crippen LogP contribution in [0.4, 0.5) is 0 Å². The fourth-order valence-electron chi connectivity index (χ4n) is 9.81. The molecular weight excluding hydrogens is 707 g/mol. The monoisotopic (exact) mass is 741 g/mol. The highest BCUT2D eigenvalue weighted by atomic mass is 16.5. The van der Waals surface area contributed by atoms with Crippen molar-refractivity contribution in [1.29, 1.82) is 0 Å². The Bertz CT molecular complexity index is 3170. The quantitative estimate of drug-likeness (QED) is 0.179. The first kappa shape index (κ1) is 32.6. The van der Waals surface area contributed by atoms with Gasteiger partial charge in [0.15, 0.2) is 0 Å². The van der Waals surface area contributed by atoms with Crippen LogP contribution >= 0.6 is 0 Å². The molecule has 2 aliphatic heterocycles. The fourth-order valence-corrected chi connectivity index (χ4v) is 9.81. The molecule has 12 rings (SSSR count). The minimum atomic E-state index is -0.850. The van der Waals surface area contributed by atoms with E-state index in [-0.39, 0.29) is 0 Å². The summed E-state index contributed by atoms with van der Waals surface area (Å²) >= 11 is 0. The standard InChI is InChI=1S/C55H35NO2/c1-4-18-36(19-5-1)38-34-44(37-20-6-2-7-21-37)53-51(35-38)58-50-33-17-25-41(52(50)55(53)45-28-11-14-31-48(45)57-49-32-15-12-29-46(49)55)43-27-16-26-42-40-24-10-13-30-47(40)56(54(42)43)39-22-8-3-9-23-39/h1-35H. The van der Waals surface area contributed by atoms with Crippen LogP contribution in [0.2, 0.25) is 0 Å². The number of nitrogens with zero attached hydrogens (tertiary/aromatic N) is 1. The molecule has 0 atom stereocenters. The van der Waals surface area contributed by atoms with Crippen molar-refractivity contribution < 1.29 is 9.47 Å². The smallest absolute Gasteiger partial charge is 0.133 e. The minimum absolute atomic E-state index is 0.820. The lowest BCUT2D eigenvalue weighted by Crippen LogP contribution is -2.38. The number of rotatable bonds is 4. The molecule has 3 heteroatoms. The number of hydrogen-bond donors (Lipinski definition) is 0. The molecule has 0 saturated carbocycles. The van der Waals surface area contributed by atoms with Gasteiger partial charge in [-0.25, -0.2) is 0 Å². The zero-order valence-corrected chi connectivity index (χ0v) is 31.5. The largest absolute Gasteiger partial charge is 0.457 e. The van der Waals surface area contributed by atoms with Crippen LogP contribution in [0.1, 0.15) is 22.3 Å². The van der Waals surface area contributed by atoms with E-state index in [2.05, 4.69) is 217 Å².